The molecular weight excluding hydrogens is 271 g/mol. The van der Waals surface area contributed by atoms with Crippen LogP contribution in [0.1, 0.15) is 32.3 Å². The molecule has 16 heavy (non-hydrogen) atoms. The molecular formula is C13H18BrFO. The molecule has 0 aliphatic heterocycles. The van der Waals surface area contributed by atoms with Crippen LogP contribution in [0.5, 0.6) is 0 Å². The molecule has 1 atom stereocenters. The maximum atomic E-state index is 13.2. The zero-order valence-corrected chi connectivity index (χ0v) is 11.3. The molecule has 0 saturated heterocycles. The predicted octanol–water partition coefficient (Wildman–Crippen LogP) is 3.93. The summed E-state index contributed by atoms with van der Waals surface area (Å²) in [6.45, 7) is 4.17. The van der Waals surface area contributed by atoms with Gasteiger partial charge in [-0.05, 0) is 52.7 Å². The van der Waals surface area contributed by atoms with Crippen LogP contribution in [0.2, 0.25) is 0 Å². The van der Waals surface area contributed by atoms with Gasteiger partial charge in [-0.15, -0.1) is 0 Å². The van der Waals surface area contributed by atoms with Crippen molar-refractivity contribution in [3.05, 3.63) is 34.1 Å². The summed E-state index contributed by atoms with van der Waals surface area (Å²) in [5.41, 5.74) is 0.919. The first-order valence-electron chi connectivity index (χ1n) is 5.61. The van der Waals surface area contributed by atoms with Crippen LogP contribution in [0.3, 0.4) is 0 Å². The topological polar surface area (TPSA) is 20.2 Å². The Bertz CT molecular complexity index is 339. The molecule has 0 aliphatic carbocycles. The number of hydrogen-bond acceptors (Lipinski definition) is 1. The van der Waals surface area contributed by atoms with Gasteiger partial charge >= 0.3 is 0 Å². The fraction of sp³-hybridized carbons (Fsp3) is 0.538. The number of aliphatic hydroxyl groups is 1. The second-order valence-electron chi connectivity index (χ2n) is 4.53. The van der Waals surface area contributed by atoms with Gasteiger partial charge in [-0.25, -0.2) is 4.39 Å². The lowest BCUT2D eigenvalue weighted by atomic mass is 10.00. The van der Waals surface area contributed by atoms with Gasteiger partial charge in [-0.2, -0.15) is 0 Å². The standard InChI is InChI=1S/C13H18BrFO/c1-9(2)8-11(16)7-6-10-4-3-5-12(15)13(10)14/h3-5,9,11,16H,6-8H2,1-2H3. The van der Waals surface area contributed by atoms with Gasteiger partial charge in [-0.1, -0.05) is 26.0 Å². The molecule has 0 fully saturated rings. The number of benzene rings is 1. The molecule has 1 aromatic carbocycles. The number of rotatable bonds is 5. The average molecular weight is 289 g/mol. The molecule has 0 spiro atoms. The summed E-state index contributed by atoms with van der Waals surface area (Å²) >= 11 is 3.22. The van der Waals surface area contributed by atoms with Crippen molar-refractivity contribution >= 4 is 15.9 Å². The van der Waals surface area contributed by atoms with Gasteiger partial charge in [-0.3, -0.25) is 0 Å². The van der Waals surface area contributed by atoms with Crippen molar-refractivity contribution in [1.82, 2.24) is 0 Å². The minimum atomic E-state index is -0.296. The molecule has 0 bridgehead atoms. The largest absolute Gasteiger partial charge is 0.393 e. The van der Waals surface area contributed by atoms with E-state index in [1.807, 2.05) is 6.07 Å². The highest BCUT2D eigenvalue weighted by atomic mass is 79.9. The Morgan fingerprint density at radius 1 is 1.38 bits per heavy atom. The fourth-order valence-electron chi connectivity index (χ4n) is 1.73. The molecule has 1 unspecified atom stereocenters. The van der Waals surface area contributed by atoms with Crippen molar-refractivity contribution < 1.29 is 9.50 Å². The van der Waals surface area contributed by atoms with Crippen LogP contribution in [0.15, 0.2) is 22.7 Å². The summed E-state index contributed by atoms with van der Waals surface area (Å²) in [5, 5.41) is 9.73. The Labute approximate surface area is 105 Å². The van der Waals surface area contributed by atoms with Gasteiger partial charge in [0.2, 0.25) is 0 Å². The lowest BCUT2D eigenvalue weighted by molar-refractivity contribution is 0.139. The quantitative estimate of drug-likeness (QED) is 0.870. The van der Waals surface area contributed by atoms with E-state index in [-0.39, 0.29) is 11.9 Å². The number of aliphatic hydroxyl groups excluding tert-OH is 1. The van der Waals surface area contributed by atoms with Crippen molar-refractivity contribution in [2.75, 3.05) is 0 Å². The van der Waals surface area contributed by atoms with Crippen LogP contribution in [0, 0.1) is 11.7 Å². The van der Waals surface area contributed by atoms with Gasteiger partial charge in [0.15, 0.2) is 0 Å². The van der Waals surface area contributed by atoms with E-state index in [1.165, 1.54) is 6.07 Å². The molecule has 0 aromatic heterocycles. The van der Waals surface area contributed by atoms with Crippen LogP contribution in [0.4, 0.5) is 4.39 Å². The van der Waals surface area contributed by atoms with E-state index in [4.69, 9.17) is 0 Å². The zero-order chi connectivity index (χ0) is 12.1. The molecule has 0 saturated carbocycles. The molecule has 0 heterocycles. The molecule has 0 amide bonds. The van der Waals surface area contributed by atoms with Crippen molar-refractivity contribution in [3.63, 3.8) is 0 Å². The van der Waals surface area contributed by atoms with Crippen molar-refractivity contribution in [3.8, 4) is 0 Å². The minimum absolute atomic E-state index is 0.240. The van der Waals surface area contributed by atoms with Gasteiger partial charge in [0.05, 0.1) is 10.6 Å². The highest BCUT2D eigenvalue weighted by Crippen LogP contribution is 2.22. The minimum Gasteiger partial charge on any atom is -0.393 e. The zero-order valence-electron chi connectivity index (χ0n) is 9.71. The van der Waals surface area contributed by atoms with E-state index >= 15 is 0 Å². The summed E-state index contributed by atoms with van der Waals surface area (Å²) in [5.74, 6) is 0.252. The van der Waals surface area contributed by atoms with Crippen LogP contribution in [-0.4, -0.2) is 11.2 Å². The molecule has 3 heteroatoms. The van der Waals surface area contributed by atoms with Gasteiger partial charge < -0.3 is 5.11 Å². The van der Waals surface area contributed by atoms with E-state index in [0.717, 1.165) is 12.0 Å². The van der Waals surface area contributed by atoms with Crippen molar-refractivity contribution in [1.29, 1.82) is 0 Å². The average Bonchev–Trinajstić information content (AvgIpc) is 2.19. The third-order valence-corrected chi connectivity index (χ3v) is 3.41. The number of hydrogen-bond donors (Lipinski definition) is 1. The molecule has 1 nitrogen and oxygen atoms in total. The third kappa shape index (κ3) is 4.22. The second kappa shape index (κ2) is 6.36. The maximum Gasteiger partial charge on any atom is 0.137 e. The third-order valence-electron chi connectivity index (χ3n) is 2.52. The first kappa shape index (κ1) is 13.7. The fourth-order valence-corrected chi connectivity index (χ4v) is 2.19. The Hall–Kier alpha value is -0.410. The molecule has 1 N–H and O–H groups in total. The SMILES string of the molecule is CC(C)CC(O)CCc1cccc(F)c1Br. The first-order chi connectivity index (χ1) is 7.50. The lowest BCUT2D eigenvalue weighted by Gasteiger charge is -2.13. The van der Waals surface area contributed by atoms with E-state index < -0.39 is 0 Å². The van der Waals surface area contributed by atoms with E-state index in [0.29, 0.717) is 23.2 Å². The predicted molar refractivity (Wildman–Crippen MR) is 67.9 cm³/mol. The highest BCUT2D eigenvalue weighted by molar-refractivity contribution is 9.10. The highest BCUT2D eigenvalue weighted by Gasteiger charge is 2.10. The van der Waals surface area contributed by atoms with Crippen LogP contribution in [0.25, 0.3) is 0 Å². The van der Waals surface area contributed by atoms with Crippen LogP contribution < -0.4 is 0 Å². The molecule has 1 aromatic rings. The Morgan fingerprint density at radius 3 is 2.69 bits per heavy atom. The van der Waals surface area contributed by atoms with Crippen molar-refractivity contribution in [2.45, 2.75) is 39.2 Å². The van der Waals surface area contributed by atoms with Crippen molar-refractivity contribution in [2.24, 2.45) is 5.92 Å². The summed E-state index contributed by atoms with van der Waals surface area (Å²) in [7, 11) is 0. The van der Waals surface area contributed by atoms with Crippen LogP contribution in [-0.2, 0) is 6.42 Å². The Balaban J connectivity index is 2.51. The summed E-state index contributed by atoms with van der Waals surface area (Å²) < 4.78 is 13.7. The second-order valence-corrected chi connectivity index (χ2v) is 5.33. The van der Waals surface area contributed by atoms with Crippen LogP contribution >= 0.6 is 15.9 Å². The molecule has 0 radical (unpaired) electrons. The van der Waals surface area contributed by atoms with E-state index in [1.54, 1.807) is 6.07 Å². The molecule has 90 valence electrons. The maximum absolute atomic E-state index is 13.2. The molecule has 1 rings (SSSR count). The smallest absolute Gasteiger partial charge is 0.137 e. The summed E-state index contributed by atoms with van der Waals surface area (Å²) in [6.07, 6.45) is 1.88. The van der Waals surface area contributed by atoms with Gasteiger partial charge in [0, 0.05) is 0 Å². The van der Waals surface area contributed by atoms with E-state index in [9.17, 15) is 9.50 Å². The Morgan fingerprint density at radius 2 is 2.06 bits per heavy atom. The number of aryl methyl sites for hydroxylation is 1. The van der Waals surface area contributed by atoms with Gasteiger partial charge in [0.1, 0.15) is 5.82 Å². The lowest BCUT2D eigenvalue weighted by Crippen LogP contribution is -2.11. The summed E-state index contributed by atoms with van der Waals surface area (Å²) in [6, 6.07) is 5.01. The number of halogens is 2. The van der Waals surface area contributed by atoms with Gasteiger partial charge in [0.25, 0.3) is 0 Å². The normalized spacial score (nSPS) is 13.1. The summed E-state index contributed by atoms with van der Waals surface area (Å²) in [4.78, 5) is 0. The Kier molecular flexibility index (Phi) is 5.42. The first-order valence-corrected chi connectivity index (χ1v) is 6.41. The molecule has 0 aliphatic rings. The van der Waals surface area contributed by atoms with E-state index in [2.05, 4.69) is 29.8 Å². The monoisotopic (exact) mass is 288 g/mol.